The highest BCUT2D eigenvalue weighted by atomic mass is 16.6. The lowest BCUT2D eigenvalue weighted by Crippen LogP contribution is -2.59. The molecule has 0 spiro atoms. The SMILES string of the molecule is CN1C(=O)[C@@](NC(=O)OC(C)(C)C)([C@@H](C(=O)n2cccn2)c2ccccc2)c2ccccc21. The molecule has 1 aliphatic rings. The molecule has 2 heterocycles. The molecule has 33 heavy (non-hydrogen) atoms. The van der Waals surface area contributed by atoms with Crippen LogP contribution in [0.25, 0.3) is 0 Å². The molecule has 1 aromatic heterocycles. The zero-order valence-corrected chi connectivity index (χ0v) is 19.0. The van der Waals surface area contributed by atoms with Gasteiger partial charge in [0.05, 0.1) is 0 Å². The van der Waals surface area contributed by atoms with Crippen LogP contribution >= 0.6 is 0 Å². The monoisotopic (exact) mass is 446 g/mol. The Morgan fingerprint density at radius 3 is 2.33 bits per heavy atom. The number of fused-ring (bicyclic) bond motifs is 1. The maximum Gasteiger partial charge on any atom is 0.408 e. The number of nitrogens with zero attached hydrogens (tertiary/aromatic N) is 3. The van der Waals surface area contributed by atoms with Crippen LogP contribution in [0.4, 0.5) is 10.5 Å². The molecular formula is C25H26N4O4. The van der Waals surface area contributed by atoms with Crippen molar-refractivity contribution < 1.29 is 19.1 Å². The van der Waals surface area contributed by atoms with E-state index in [1.165, 1.54) is 22.0 Å². The molecule has 0 saturated carbocycles. The molecule has 0 unspecified atom stereocenters. The molecule has 0 saturated heterocycles. The number of carbonyl (C=O) groups excluding carboxylic acids is 3. The third-order valence-electron chi connectivity index (χ3n) is 5.57. The Balaban J connectivity index is 1.97. The van der Waals surface area contributed by atoms with E-state index >= 15 is 0 Å². The first-order valence-corrected chi connectivity index (χ1v) is 10.6. The summed E-state index contributed by atoms with van der Waals surface area (Å²) in [5, 5.41) is 6.91. The van der Waals surface area contributed by atoms with Crippen LogP contribution in [0.5, 0.6) is 0 Å². The largest absolute Gasteiger partial charge is 0.444 e. The molecule has 0 bridgehead atoms. The first-order valence-electron chi connectivity index (χ1n) is 10.6. The van der Waals surface area contributed by atoms with Crippen molar-refractivity contribution in [1.82, 2.24) is 15.1 Å². The molecule has 2 amide bonds. The van der Waals surface area contributed by atoms with Crippen molar-refractivity contribution in [1.29, 1.82) is 0 Å². The predicted octanol–water partition coefficient (Wildman–Crippen LogP) is 3.70. The zero-order valence-electron chi connectivity index (χ0n) is 19.0. The molecule has 8 heteroatoms. The predicted molar refractivity (Wildman–Crippen MR) is 123 cm³/mol. The van der Waals surface area contributed by atoms with Gasteiger partial charge in [-0.25, -0.2) is 9.48 Å². The molecule has 2 aromatic carbocycles. The highest BCUT2D eigenvalue weighted by molar-refractivity contribution is 6.12. The molecule has 1 N–H and O–H groups in total. The van der Waals surface area contributed by atoms with Crippen LogP contribution < -0.4 is 10.2 Å². The summed E-state index contributed by atoms with van der Waals surface area (Å²) in [6, 6.07) is 17.7. The van der Waals surface area contributed by atoms with Crippen molar-refractivity contribution >= 4 is 23.6 Å². The molecule has 170 valence electrons. The minimum absolute atomic E-state index is 0.441. The van der Waals surface area contributed by atoms with Gasteiger partial charge in [0.25, 0.3) is 11.8 Å². The second kappa shape index (κ2) is 8.20. The van der Waals surface area contributed by atoms with Gasteiger partial charge in [-0.2, -0.15) is 5.10 Å². The van der Waals surface area contributed by atoms with Crippen LogP contribution in [0.3, 0.4) is 0 Å². The summed E-state index contributed by atoms with van der Waals surface area (Å²) in [4.78, 5) is 42.4. The highest BCUT2D eigenvalue weighted by Gasteiger charge is 2.59. The molecule has 4 rings (SSSR count). The Hall–Kier alpha value is -3.94. The number of likely N-dealkylation sites (N-methyl/N-ethyl adjacent to an activating group) is 1. The number of benzene rings is 2. The summed E-state index contributed by atoms with van der Waals surface area (Å²) in [6.07, 6.45) is 2.22. The van der Waals surface area contributed by atoms with Gasteiger partial charge < -0.3 is 15.0 Å². The Morgan fingerprint density at radius 1 is 1.03 bits per heavy atom. The molecule has 2 atom stereocenters. The standard InChI is InChI=1S/C25H26N4O4/c1-24(2,3)33-23(32)27-25(18-13-8-9-14-19(18)28(4)22(25)31)20(17-11-6-5-7-12-17)21(30)29-16-10-15-26-29/h5-16,20H,1-4H3,(H,27,32)/t20-,25+/m1/s1. The Morgan fingerprint density at radius 2 is 1.70 bits per heavy atom. The molecule has 1 aliphatic heterocycles. The average Bonchev–Trinajstić information content (AvgIpc) is 3.37. The number of aromatic nitrogens is 2. The fourth-order valence-corrected chi connectivity index (χ4v) is 4.28. The van der Waals surface area contributed by atoms with Gasteiger partial charge in [-0.05, 0) is 38.5 Å². The number of alkyl carbamates (subject to hydrolysis) is 1. The lowest BCUT2D eigenvalue weighted by Gasteiger charge is -2.36. The van der Waals surface area contributed by atoms with Gasteiger partial charge in [-0.1, -0.05) is 48.5 Å². The van der Waals surface area contributed by atoms with Gasteiger partial charge in [0.2, 0.25) is 0 Å². The first kappa shape index (κ1) is 22.3. The van der Waals surface area contributed by atoms with Crippen molar-refractivity contribution in [2.75, 3.05) is 11.9 Å². The topological polar surface area (TPSA) is 93.5 Å². The van der Waals surface area contributed by atoms with E-state index in [1.54, 1.807) is 82.4 Å². The minimum Gasteiger partial charge on any atom is -0.444 e. The number of amides is 2. The van der Waals surface area contributed by atoms with E-state index in [0.717, 1.165) is 0 Å². The number of carbonyl (C=O) groups is 3. The summed E-state index contributed by atoms with van der Waals surface area (Å²) < 4.78 is 6.71. The maximum absolute atomic E-state index is 13.9. The van der Waals surface area contributed by atoms with Crippen molar-refractivity contribution in [3.8, 4) is 0 Å². The lowest BCUT2D eigenvalue weighted by molar-refractivity contribution is -0.124. The summed E-state index contributed by atoms with van der Waals surface area (Å²) in [5.41, 5.74) is -0.858. The van der Waals surface area contributed by atoms with Gasteiger partial charge >= 0.3 is 6.09 Å². The zero-order chi connectivity index (χ0) is 23.8. The number of anilines is 1. The number of nitrogens with one attached hydrogen (secondary N) is 1. The van der Waals surface area contributed by atoms with Crippen LogP contribution in [0.15, 0.2) is 73.1 Å². The molecular weight excluding hydrogens is 420 g/mol. The van der Waals surface area contributed by atoms with Crippen molar-refractivity contribution in [2.45, 2.75) is 37.8 Å². The summed E-state index contributed by atoms with van der Waals surface area (Å²) in [5.74, 6) is -2.01. The van der Waals surface area contributed by atoms with Gasteiger partial charge in [-0.3, -0.25) is 9.59 Å². The fraction of sp³-hybridized carbons (Fsp3) is 0.280. The average molecular weight is 447 g/mol. The number of hydrogen-bond donors (Lipinski definition) is 1. The summed E-state index contributed by atoms with van der Waals surface area (Å²) >= 11 is 0. The van der Waals surface area contributed by atoms with E-state index in [4.69, 9.17) is 4.74 Å². The van der Waals surface area contributed by atoms with Crippen molar-refractivity contribution in [3.05, 3.63) is 84.2 Å². The van der Waals surface area contributed by atoms with E-state index in [2.05, 4.69) is 10.4 Å². The van der Waals surface area contributed by atoms with Crippen LogP contribution in [-0.2, 0) is 15.1 Å². The number of ether oxygens (including phenoxy) is 1. The van der Waals surface area contributed by atoms with Crippen molar-refractivity contribution in [3.63, 3.8) is 0 Å². The second-order valence-electron chi connectivity index (χ2n) is 8.95. The Labute approximate surface area is 192 Å². The van der Waals surface area contributed by atoms with Gasteiger partial charge in [0.1, 0.15) is 11.5 Å². The lowest BCUT2D eigenvalue weighted by atomic mass is 9.74. The second-order valence-corrected chi connectivity index (χ2v) is 8.95. The minimum atomic E-state index is -1.74. The summed E-state index contributed by atoms with van der Waals surface area (Å²) in [7, 11) is 1.63. The molecule has 0 radical (unpaired) electrons. The third kappa shape index (κ3) is 3.88. The Bertz CT molecular complexity index is 1180. The Kier molecular flexibility index (Phi) is 5.53. The van der Waals surface area contributed by atoms with Gasteiger partial charge in [-0.15, -0.1) is 0 Å². The van der Waals surface area contributed by atoms with Crippen molar-refractivity contribution in [2.24, 2.45) is 0 Å². The van der Waals surface area contributed by atoms with Gasteiger partial charge in [0, 0.05) is 30.7 Å². The normalized spacial score (nSPS) is 18.5. The van der Waals surface area contributed by atoms with E-state index < -0.39 is 35.0 Å². The highest BCUT2D eigenvalue weighted by Crippen LogP contribution is 2.48. The quantitative estimate of drug-likeness (QED) is 0.660. The van der Waals surface area contributed by atoms with E-state index in [0.29, 0.717) is 16.8 Å². The summed E-state index contributed by atoms with van der Waals surface area (Å²) in [6.45, 7) is 5.21. The smallest absolute Gasteiger partial charge is 0.408 e. The molecule has 0 fully saturated rings. The van der Waals surface area contributed by atoms with E-state index in [9.17, 15) is 14.4 Å². The van der Waals surface area contributed by atoms with Crippen LogP contribution in [-0.4, -0.2) is 40.3 Å². The number of para-hydroxylation sites is 1. The molecule has 8 nitrogen and oxygen atoms in total. The molecule has 3 aromatic rings. The van der Waals surface area contributed by atoms with E-state index in [-0.39, 0.29) is 0 Å². The third-order valence-corrected chi connectivity index (χ3v) is 5.57. The maximum atomic E-state index is 13.9. The first-order chi connectivity index (χ1) is 15.6. The fourth-order valence-electron chi connectivity index (χ4n) is 4.28. The van der Waals surface area contributed by atoms with E-state index in [1.807, 2.05) is 6.07 Å². The molecule has 0 aliphatic carbocycles. The number of rotatable bonds is 4. The van der Waals surface area contributed by atoms with Gasteiger partial charge in [0.15, 0.2) is 5.54 Å². The van der Waals surface area contributed by atoms with Crippen LogP contribution in [0.1, 0.15) is 42.6 Å². The van der Waals surface area contributed by atoms with Crippen LogP contribution in [0.2, 0.25) is 0 Å². The number of hydrogen-bond acceptors (Lipinski definition) is 5. The van der Waals surface area contributed by atoms with Crippen LogP contribution in [0, 0.1) is 0 Å².